The molecule has 0 spiro atoms. The summed E-state index contributed by atoms with van der Waals surface area (Å²) in [6.45, 7) is 6.18. The maximum absolute atomic E-state index is 12.4. The molecule has 18 heavy (non-hydrogen) atoms. The van der Waals surface area contributed by atoms with Crippen molar-refractivity contribution in [3.63, 3.8) is 0 Å². The zero-order valence-electron chi connectivity index (χ0n) is 11.5. The third-order valence-electron chi connectivity index (χ3n) is 4.36. The van der Waals surface area contributed by atoms with Crippen molar-refractivity contribution in [3.05, 3.63) is 0 Å². The van der Waals surface area contributed by atoms with Gasteiger partial charge in [-0.25, -0.2) is 0 Å². The van der Waals surface area contributed by atoms with Crippen molar-refractivity contribution in [3.8, 4) is 0 Å². The number of nitrogens with one attached hydrogen (secondary N) is 2. The molecule has 3 atom stereocenters. The molecule has 102 valence electrons. The van der Waals surface area contributed by atoms with Crippen LogP contribution in [0.4, 0.5) is 0 Å². The summed E-state index contributed by atoms with van der Waals surface area (Å²) in [5.74, 6) is 0.585. The maximum atomic E-state index is 12.4. The fraction of sp³-hybridized carbons (Fsp3) is 0.846. The quantitative estimate of drug-likeness (QED) is 0.726. The second kappa shape index (κ2) is 4.88. The van der Waals surface area contributed by atoms with Crippen LogP contribution in [0, 0.1) is 11.3 Å². The van der Waals surface area contributed by atoms with E-state index in [-0.39, 0.29) is 17.9 Å². The Morgan fingerprint density at radius 2 is 2.17 bits per heavy atom. The standard InChI is InChI=1S/C13H23N3O2/c1-9-4-6-15-10(9)11(17)16-7-5-13(2,8-16)12(18)14-3/h9-10,15H,4-8H2,1-3H3,(H,14,18). The van der Waals surface area contributed by atoms with Gasteiger partial charge in [-0.15, -0.1) is 0 Å². The molecule has 0 bridgehead atoms. The Bertz CT molecular complexity index is 358. The van der Waals surface area contributed by atoms with E-state index in [9.17, 15) is 9.59 Å². The Balaban J connectivity index is 2.00. The van der Waals surface area contributed by atoms with Gasteiger partial charge < -0.3 is 15.5 Å². The van der Waals surface area contributed by atoms with Crippen LogP contribution in [0.5, 0.6) is 0 Å². The van der Waals surface area contributed by atoms with Gasteiger partial charge in [-0.2, -0.15) is 0 Å². The Hall–Kier alpha value is -1.10. The maximum Gasteiger partial charge on any atom is 0.240 e. The number of carbonyl (C=O) groups is 2. The molecule has 2 amide bonds. The van der Waals surface area contributed by atoms with Gasteiger partial charge in [0.05, 0.1) is 11.5 Å². The summed E-state index contributed by atoms with van der Waals surface area (Å²) in [4.78, 5) is 26.1. The van der Waals surface area contributed by atoms with Crippen molar-refractivity contribution in [1.82, 2.24) is 15.5 Å². The van der Waals surface area contributed by atoms with Crippen LogP contribution in [0.2, 0.25) is 0 Å². The molecule has 5 heteroatoms. The highest BCUT2D eigenvalue weighted by atomic mass is 16.2. The largest absolute Gasteiger partial charge is 0.359 e. The summed E-state index contributed by atoms with van der Waals surface area (Å²) in [7, 11) is 1.65. The molecule has 2 aliphatic heterocycles. The first-order valence-corrected chi connectivity index (χ1v) is 6.72. The number of amides is 2. The van der Waals surface area contributed by atoms with Crippen molar-refractivity contribution in [2.45, 2.75) is 32.7 Å². The Morgan fingerprint density at radius 3 is 2.72 bits per heavy atom. The minimum atomic E-state index is -0.424. The van der Waals surface area contributed by atoms with Gasteiger partial charge in [0.15, 0.2) is 0 Å². The van der Waals surface area contributed by atoms with Gasteiger partial charge in [0.2, 0.25) is 11.8 Å². The lowest BCUT2D eigenvalue weighted by Gasteiger charge is -2.25. The number of hydrogen-bond donors (Lipinski definition) is 2. The number of hydrogen-bond acceptors (Lipinski definition) is 3. The van der Waals surface area contributed by atoms with E-state index in [0.717, 1.165) is 19.4 Å². The Kier molecular flexibility index (Phi) is 3.61. The van der Waals surface area contributed by atoms with E-state index in [1.807, 2.05) is 11.8 Å². The number of rotatable bonds is 2. The number of nitrogens with zero attached hydrogens (tertiary/aromatic N) is 1. The Morgan fingerprint density at radius 1 is 1.44 bits per heavy atom. The third-order valence-corrected chi connectivity index (χ3v) is 4.36. The summed E-state index contributed by atoms with van der Waals surface area (Å²) in [6.07, 6.45) is 1.80. The van der Waals surface area contributed by atoms with Crippen LogP contribution in [0.3, 0.4) is 0 Å². The molecule has 2 N–H and O–H groups in total. The second-order valence-corrected chi connectivity index (χ2v) is 5.85. The molecule has 0 aromatic rings. The van der Waals surface area contributed by atoms with Gasteiger partial charge in [0.25, 0.3) is 0 Å². The van der Waals surface area contributed by atoms with E-state index in [2.05, 4.69) is 17.6 Å². The van der Waals surface area contributed by atoms with E-state index >= 15 is 0 Å². The van der Waals surface area contributed by atoms with Crippen LogP contribution in [0.1, 0.15) is 26.7 Å². The summed E-state index contributed by atoms with van der Waals surface area (Å²) < 4.78 is 0. The molecule has 2 fully saturated rings. The van der Waals surface area contributed by atoms with Crippen molar-refractivity contribution in [2.75, 3.05) is 26.7 Å². The van der Waals surface area contributed by atoms with Gasteiger partial charge in [0, 0.05) is 20.1 Å². The molecule has 0 aliphatic carbocycles. The lowest BCUT2D eigenvalue weighted by atomic mass is 9.89. The predicted octanol–water partition coefficient (Wildman–Crippen LogP) is -0.0310. The van der Waals surface area contributed by atoms with Crippen LogP contribution in [-0.2, 0) is 9.59 Å². The van der Waals surface area contributed by atoms with Crippen LogP contribution < -0.4 is 10.6 Å². The average Bonchev–Trinajstić information content (AvgIpc) is 2.95. The molecule has 0 saturated carbocycles. The van der Waals surface area contributed by atoms with Crippen molar-refractivity contribution >= 4 is 11.8 Å². The normalized spacial score (nSPS) is 35.8. The average molecular weight is 253 g/mol. The molecule has 0 aromatic carbocycles. The molecule has 5 nitrogen and oxygen atoms in total. The first-order valence-electron chi connectivity index (χ1n) is 6.72. The minimum Gasteiger partial charge on any atom is -0.359 e. The summed E-state index contributed by atoms with van der Waals surface area (Å²) in [6, 6.07) is -0.0583. The Labute approximate surface area is 108 Å². The minimum absolute atomic E-state index is 0.0326. The van der Waals surface area contributed by atoms with E-state index in [4.69, 9.17) is 0 Å². The summed E-state index contributed by atoms with van der Waals surface area (Å²) >= 11 is 0. The number of likely N-dealkylation sites (tertiary alicyclic amines) is 1. The van der Waals surface area contributed by atoms with Gasteiger partial charge in [-0.1, -0.05) is 6.92 Å². The van der Waals surface area contributed by atoms with Crippen LogP contribution in [0.25, 0.3) is 0 Å². The lowest BCUT2D eigenvalue weighted by Crippen LogP contribution is -2.47. The van der Waals surface area contributed by atoms with E-state index in [1.54, 1.807) is 7.05 Å². The van der Waals surface area contributed by atoms with Gasteiger partial charge in [-0.05, 0) is 32.2 Å². The fourth-order valence-corrected chi connectivity index (χ4v) is 3.00. The van der Waals surface area contributed by atoms with Gasteiger partial charge >= 0.3 is 0 Å². The van der Waals surface area contributed by atoms with Crippen molar-refractivity contribution in [2.24, 2.45) is 11.3 Å². The van der Waals surface area contributed by atoms with Crippen molar-refractivity contribution in [1.29, 1.82) is 0 Å². The second-order valence-electron chi connectivity index (χ2n) is 5.85. The van der Waals surface area contributed by atoms with E-state index < -0.39 is 5.41 Å². The lowest BCUT2D eigenvalue weighted by molar-refractivity contribution is -0.134. The fourth-order valence-electron chi connectivity index (χ4n) is 3.00. The first-order chi connectivity index (χ1) is 8.48. The van der Waals surface area contributed by atoms with E-state index in [1.165, 1.54) is 0 Å². The molecule has 2 rings (SSSR count). The first kappa shape index (κ1) is 13.3. The highest BCUT2D eigenvalue weighted by Crippen LogP contribution is 2.31. The molecular weight excluding hydrogens is 230 g/mol. The molecule has 2 saturated heterocycles. The molecule has 2 aliphatic rings. The highest BCUT2D eigenvalue weighted by molar-refractivity contribution is 5.86. The van der Waals surface area contributed by atoms with E-state index in [0.29, 0.717) is 19.0 Å². The zero-order chi connectivity index (χ0) is 13.3. The van der Waals surface area contributed by atoms with Crippen LogP contribution >= 0.6 is 0 Å². The van der Waals surface area contributed by atoms with Gasteiger partial charge in [-0.3, -0.25) is 9.59 Å². The molecule has 2 heterocycles. The SMILES string of the molecule is CNC(=O)C1(C)CCN(C(=O)C2NCCC2C)C1. The van der Waals surface area contributed by atoms with Crippen LogP contribution in [-0.4, -0.2) is 49.4 Å². The smallest absolute Gasteiger partial charge is 0.240 e. The monoisotopic (exact) mass is 253 g/mol. The topological polar surface area (TPSA) is 61.4 Å². The molecule has 3 unspecified atom stereocenters. The summed E-state index contributed by atoms with van der Waals surface area (Å²) in [5, 5.41) is 5.95. The summed E-state index contributed by atoms with van der Waals surface area (Å²) in [5.41, 5.74) is -0.424. The third kappa shape index (κ3) is 2.23. The predicted molar refractivity (Wildman–Crippen MR) is 68.9 cm³/mol. The molecule has 0 radical (unpaired) electrons. The molecular formula is C13H23N3O2. The van der Waals surface area contributed by atoms with Crippen LogP contribution in [0.15, 0.2) is 0 Å². The van der Waals surface area contributed by atoms with Gasteiger partial charge in [0.1, 0.15) is 0 Å². The zero-order valence-corrected chi connectivity index (χ0v) is 11.5. The molecule has 0 aromatic heterocycles. The number of carbonyl (C=O) groups excluding carboxylic acids is 2. The van der Waals surface area contributed by atoms with Crippen molar-refractivity contribution < 1.29 is 9.59 Å². The highest BCUT2D eigenvalue weighted by Gasteiger charge is 2.44.